The third-order valence-electron chi connectivity index (χ3n) is 6.81. The fraction of sp³-hybridized carbons (Fsp3) is 0.167. The fourth-order valence-electron chi connectivity index (χ4n) is 5.29. The zero-order valence-corrected chi connectivity index (χ0v) is 21.8. The number of methoxy groups -OCH3 is 1. The van der Waals surface area contributed by atoms with Crippen molar-refractivity contribution in [3.63, 3.8) is 0 Å². The number of non-ortho nitro benzene ring substituents is 1. The first-order valence-electron chi connectivity index (χ1n) is 12.3. The van der Waals surface area contributed by atoms with Gasteiger partial charge in [-0.1, -0.05) is 66.7 Å². The minimum atomic E-state index is -1.72. The highest BCUT2D eigenvalue weighted by Crippen LogP contribution is 2.56. The molecule has 0 radical (unpaired) electrons. The van der Waals surface area contributed by atoms with Crippen LogP contribution in [0.4, 0.5) is 5.69 Å². The molecule has 5 rings (SSSR count). The van der Waals surface area contributed by atoms with Gasteiger partial charge in [0.2, 0.25) is 0 Å². The Kier molecular flexibility index (Phi) is 6.78. The quantitative estimate of drug-likeness (QED) is 0.160. The highest BCUT2D eigenvalue weighted by molar-refractivity contribution is 6.03. The van der Waals surface area contributed by atoms with Crippen molar-refractivity contribution < 1.29 is 33.5 Å². The van der Waals surface area contributed by atoms with Crippen LogP contribution in [0.3, 0.4) is 0 Å². The van der Waals surface area contributed by atoms with Gasteiger partial charge in [-0.2, -0.15) is 0 Å². The number of rotatable bonds is 6. The van der Waals surface area contributed by atoms with Gasteiger partial charge in [-0.3, -0.25) is 25.0 Å². The van der Waals surface area contributed by atoms with Gasteiger partial charge in [0.25, 0.3) is 5.69 Å². The van der Waals surface area contributed by atoms with Crippen LogP contribution in [0.15, 0.2) is 78.9 Å². The minimum absolute atomic E-state index is 0.0974. The maximum atomic E-state index is 13.9. The van der Waals surface area contributed by atoms with Gasteiger partial charge < -0.3 is 14.2 Å². The molecular formula is C30H24N2O8. The number of hydrogen-bond donors (Lipinski definition) is 1. The Morgan fingerprint density at radius 1 is 0.825 bits per heavy atom. The number of benzene rings is 4. The zero-order chi connectivity index (χ0) is 28.6. The first-order valence-corrected chi connectivity index (χ1v) is 12.3. The van der Waals surface area contributed by atoms with Crippen LogP contribution < -0.4 is 14.8 Å². The zero-order valence-electron chi connectivity index (χ0n) is 21.8. The van der Waals surface area contributed by atoms with Gasteiger partial charge in [-0.25, -0.2) is 4.79 Å². The van der Waals surface area contributed by atoms with Gasteiger partial charge in [0, 0.05) is 47.9 Å². The van der Waals surface area contributed by atoms with E-state index in [2.05, 4.69) is 5.32 Å². The Morgan fingerprint density at radius 3 is 1.93 bits per heavy atom. The van der Waals surface area contributed by atoms with E-state index in [1.165, 1.54) is 33.1 Å². The third-order valence-corrected chi connectivity index (χ3v) is 6.81. The van der Waals surface area contributed by atoms with Crippen LogP contribution in [0.2, 0.25) is 0 Å². The highest BCUT2D eigenvalue weighted by Gasteiger charge is 2.56. The van der Waals surface area contributed by atoms with Crippen LogP contribution in [-0.2, 0) is 24.7 Å². The van der Waals surface area contributed by atoms with Gasteiger partial charge in [0.1, 0.15) is 11.5 Å². The van der Waals surface area contributed by atoms with Gasteiger partial charge in [0.15, 0.2) is 5.54 Å². The molecule has 1 aliphatic heterocycles. The summed E-state index contributed by atoms with van der Waals surface area (Å²) in [6, 6.07) is 20.6. The van der Waals surface area contributed by atoms with E-state index in [0.29, 0.717) is 27.5 Å². The predicted octanol–water partition coefficient (Wildman–Crippen LogP) is 4.71. The fourth-order valence-corrected chi connectivity index (χ4v) is 5.29. The molecule has 1 heterocycles. The summed E-state index contributed by atoms with van der Waals surface area (Å²) in [7, 11) is 1.24. The maximum absolute atomic E-state index is 13.9. The van der Waals surface area contributed by atoms with Gasteiger partial charge in [-0.15, -0.1) is 0 Å². The summed E-state index contributed by atoms with van der Waals surface area (Å²) in [5.74, 6) is -1.68. The lowest BCUT2D eigenvalue weighted by atomic mass is 9.81. The molecule has 4 aromatic carbocycles. The van der Waals surface area contributed by atoms with Crippen molar-refractivity contribution in [2.24, 2.45) is 0 Å². The molecule has 0 aliphatic carbocycles. The number of nitro benzene ring substituents is 1. The van der Waals surface area contributed by atoms with E-state index in [9.17, 15) is 24.5 Å². The van der Waals surface area contributed by atoms with Crippen LogP contribution in [0.5, 0.6) is 11.5 Å². The molecule has 10 nitrogen and oxygen atoms in total. The average molecular weight is 541 g/mol. The number of nitro groups is 1. The van der Waals surface area contributed by atoms with Crippen LogP contribution in [-0.4, -0.2) is 29.9 Å². The molecule has 0 spiro atoms. The van der Waals surface area contributed by atoms with E-state index in [0.717, 1.165) is 0 Å². The van der Waals surface area contributed by atoms with Crippen LogP contribution in [0.25, 0.3) is 10.8 Å². The standard InChI is InChI=1S/C30H24N2O8/c1-17(33)39-27-22-11-7-8-12-23(22)28(40-18(2)34)25-24(27)26(19-13-15-21(16-14-19)32(36)37)31-30(25,29(35)38-3)20-9-5-4-6-10-20/h4-16,26,31H,1-3H3/t26-,30-/m1/s1. The van der Waals surface area contributed by atoms with E-state index >= 15 is 0 Å². The van der Waals surface area contributed by atoms with Gasteiger partial charge >= 0.3 is 17.9 Å². The van der Waals surface area contributed by atoms with Crippen LogP contribution >= 0.6 is 0 Å². The first-order chi connectivity index (χ1) is 19.2. The normalized spacial score (nSPS) is 17.6. The molecule has 2 atom stereocenters. The number of carbonyl (C=O) groups is 3. The van der Waals surface area contributed by atoms with Gasteiger partial charge in [-0.05, 0) is 11.1 Å². The molecule has 10 heteroatoms. The maximum Gasteiger partial charge on any atom is 0.335 e. The molecule has 4 aromatic rings. The van der Waals surface area contributed by atoms with Crippen LogP contribution in [0.1, 0.15) is 42.1 Å². The Balaban J connectivity index is 1.98. The Hall–Kier alpha value is -5.09. The third kappa shape index (κ3) is 4.24. The average Bonchev–Trinajstić information content (AvgIpc) is 3.31. The number of esters is 3. The second-order valence-corrected chi connectivity index (χ2v) is 9.21. The molecule has 0 fully saturated rings. The summed E-state index contributed by atoms with van der Waals surface area (Å²) in [5.41, 5.74) is -0.242. The molecule has 40 heavy (non-hydrogen) atoms. The number of fused-ring (bicyclic) bond motifs is 2. The number of hydrogen-bond acceptors (Lipinski definition) is 9. The minimum Gasteiger partial charge on any atom is -0.467 e. The van der Waals surface area contributed by atoms with Crippen molar-refractivity contribution in [1.29, 1.82) is 0 Å². The summed E-state index contributed by atoms with van der Waals surface area (Å²) in [4.78, 5) is 49.6. The lowest BCUT2D eigenvalue weighted by molar-refractivity contribution is -0.384. The number of nitrogens with zero attached hydrogens (tertiary/aromatic N) is 1. The monoisotopic (exact) mass is 540 g/mol. The van der Waals surface area contributed by atoms with E-state index in [1.807, 2.05) is 0 Å². The number of ether oxygens (including phenoxy) is 3. The largest absolute Gasteiger partial charge is 0.467 e. The number of nitrogens with one attached hydrogen (secondary N) is 1. The van der Waals surface area contributed by atoms with E-state index < -0.39 is 34.4 Å². The summed E-state index contributed by atoms with van der Waals surface area (Å²) < 4.78 is 17.0. The predicted molar refractivity (Wildman–Crippen MR) is 144 cm³/mol. The van der Waals surface area contributed by atoms with Gasteiger partial charge in [0.05, 0.1) is 18.1 Å². The molecule has 0 aromatic heterocycles. The number of carbonyl (C=O) groups excluding carboxylic acids is 3. The second kappa shape index (κ2) is 10.2. The summed E-state index contributed by atoms with van der Waals surface area (Å²) in [5, 5.41) is 15.6. The highest BCUT2D eigenvalue weighted by atomic mass is 16.6. The van der Waals surface area contributed by atoms with E-state index in [-0.39, 0.29) is 22.7 Å². The first kappa shape index (κ1) is 26.5. The molecule has 0 saturated carbocycles. The second-order valence-electron chi connectivity index (χ2n) is 9.21. The summed E-state index contributed by atoms with van der Waals surface area (Å²) >= 11 is 0. The Morgan fingerprint density at radius 2 is 1.38 bits per heavy atom. The topological polar surface area (TPSA) is 134 Å². The van der Waals surface area contributed by atoms with Crippen LogP contribution in [0, 0.1) is 10.1 Å². The SMILES string of the molecule is COC(=O)[C@]1(c2ccccc2)N[C@H](c2ccc([N+](=O)[O-])cc2)c2c1c(OC(C)=O)c1ccccc1c2OC(C)=O. The molecule has 0 amide bonds. The lowest BCUT2D eigenvalue weighted by Crippen LogP contribution is -2.48. The van der Waals surface area contributed by atoms with E-state index in [1.54, 1.807) is 66.7 Å². The van der Waals surface area contributed by atoms with Crippen molar-refractivity contribution in [2.45, 2.75) is 25.4 Å². The van der Waals surface area contributed by atoms with Crippen molar-refractivity contribution in [3.05, 3.63) is 111 Å². The molecule has 202 valence electrons. The van der Waals surface area contributed by atoms with E-state index in [4.69, 9.17) is 14.2 Å². The lowest BCUT2D eigenvalue weighted by Gasteiger charge is -2.30. The van der Waals surface area contributed by atoms with Crippen molar-refractivity contribution in [3.8, 4) is 11.5 Å². The Bertz CT molecular complexity index is 1670. The molecular weight excluding hydrogens is 516 g/mol. The smallest absolute Gasteiger partial charge is 0.335 e. The van der Waals surface area contributed by atoms with Crippen molar-refractivity contribution in [2.75, 3.05) is 7.11 Å². The molecule has 1 N–H and O–H groups in total. The molecule has 0 saturated heterocycles. The van der Waals surface area contributed by atoms with Crippen molar-refractivity contribution >= 4 is 34.4 Å². The molecule has 1 aliphatic rings. The molecule has 0 unspecified atom stereocenters. The summed E-state index contributed by atoms with van der Waals surface area (Å²) in [6.07, 6.45) is 0. The van der Waals surface area contributed by atoms with Crippen molar-refractivity contribution in [1.82, 2.24) is 5.32 Å². The Labute approximate surface area is 228 Å². The molecule has 0 bridgehead atoms. The summed E-state index contributed by atoms with van der Waals surface area (Å²) in [6.45, 7) is 2.51.